The number of carbonyl (C=O) groups excluding carboxylic acids is 1. The Morgan fingerprint density at radius 3 is 2.88 bits per heavy atom. The van der Waals surface area contributed by atoms with E-state index in [1.54, 1.807) is 24.4 Å². The lowest BCUT2D eigenvalue weighted by Gasteiger charge is -2.14. The van der Waals surface area contributed by atoms with Gasteiger partial charge < -0.3 is 15.8 Å². The van der Waals surface area contributed by atoms with Gasteiger partial charge in [-0.05, 0) is 31.2 Å². The second-order valence-electron chi connectivity index (χ2n) is 4.81. The van der Waals surface area contributed by atoms with Crippen LogP contribution in [-0.4, -0.2) is 24.0 Å². The fourth-order valence-electron chi connectivity index (χ4n) is 1.97. The van der Waals surface area contributed by atoms with Crippen molar-refractivity contribution in [3.63, 3.8) is 0 Å². The van der Waals surface area contributed by atoms with Gasteiger partial charge in [-0.1, -0.05) is 12.1 Å². The van der Waals surface area contributed by atoms with Crippen LogP contribution < -0.4 is 15.8 Å². The van der Waals surface area contributed by atoms with Crippen LogP contribution in [0.2, 0.25) is 0 Å². The van der Waals surface area contributed by atoms with Crippen molar-refractivity contribution in [1.82, 2.24) is 10.3 Å². The third-order valence-electron chi connectivity index (χ3n) is 3.07. The average molecular weight is 378 g/mol. The SMILES string of the molecule is CC(NC(=O)c1csc(CCN)n1)c1cccc(OC(F)F)c1.Cl. The molecule has 0 radical (unpaired) electrons. The molecule has 0 saturated heterocycles. The van der Waals surface area contributed by atoms with E-state index in [9.17, 15) is 13.6 Å². The summed E-state index contributed by atoms with van der Waals surface area (Å²) in [5.41, 5.74) is 6.44. The van der Waals surface area contributed by atoms with E-state index < -0.39 is 6.61 Å². The lowest BCUT2D eigenvalue weighted by molar-refractivity contribution is -0.0499. The van der Waals surface area contributed by atoms with Crippen LogP contribution in [0.25, 0.3) is 0 Å². The number of hydrogen-bond acceptors (Lipinski definition) is 5. The highest BCUT2D eigenvalue weighted by molar-refractivity contribution is 7.09. The molecular formula is C15H18ClF2N3O2S. The summed E-state index contributed by atoms with van der Waals surface area (Å²) in [5, 5.41) is 5.25. The number of alkyl halides is 2. The van der Waals surface area contributed by atoms with Gasteiger partial charge in [0, 0.05) is 11.8 Å². The molecule has 1 heterocycles. The molecule has 1 amide bonds. The van der Waals surface area contributed by atoms with Gasteiger partial charge in [-0.2, -0.15) is 8.78 Å². The second-order valence-corrected chi connectivity index (χ2v) is 5.75. The number of halogens is 3. The fraction of sp³-hybridized carbons (Fsp3) is 0.333. The largest absolute Gasteiger partial charge is 0.435 e. The van der Waals surface area contributed by atoms with E-state index in [0.29, 0.717) is 24.2 Å². The van der Waals surface area contributed by atoms with Gasteiger partial charge in [0.1, 0.15) is 11.4 Å². The molecule has 0 saturated carbocycles. The Hall–Kier alpha value is -1.77. The van der Waals surface area contributed by atoms with E-state index in [2.05, 4.69) is 15.0 Å². The molecule has 132 valence electrons. The topological polar surface area (TPSA) is 77.2 Å². The normalized spacial score (nSPS) is 11.7. The monoisotopic (exact) mass is 377 g/mol. The number of thiazole rings is 1. The van der Waals surface area contributed by atoms with Gasteiger partial charge in [0.2, 0.25) is 0 Å². The predicted octanol–water partition coefficient (Wildman–Crippen LogP) is 3.16. The summed E-state index contributed by atoms with van der Waals surface area (Å²) in [6.07, 6.45) is 0.626. The Morgan fingerprint density at radius 2 is 2.21 bits per heavy atom. The minimum Gasteiger partial charge on any atom is -0.435 e. The van der Waals surface area contributed by atoms with Crippen LogP contribution in [0.4, 0.5) is 8.78 Å². The first-order valence-electron chi connectivity index (χ1n) is 6.99. The highest BCUT2D eigenvalue weighted by Gasteiger charge is 2.15. The molecule has 2 aromatic rings. The highest BCUT2D eigenvalue weighted by atomic mass is 35.5. The molecule has 0 fully saturated rings. The minimum atomic E-state index is -2.88. The lowest BCUT2D eigenvalue weighted by Crippen LogP contribution is -2.27. The number of nitrogens with one attached hydrogen (secondary N) is 1. The number of nitrogens with two attached hydrogens (primary N) is 1. The third kappa shape index (κ3) is 5.70. The first kappa shape index (κ1) is 20.3. The fourth-order valence-corrected chi connectivity index (χ4v) is 2.76. The van der Waals surface area contributed by atoms with Crippen LogP contribution >= 0.6 is 23.7 Å². The number of benzene rings is 1. The van der Waals surface area contributed by atoms with Crippen LogP contribution in [-0.2, 0) is 6.42 Å². The molecule has 1 aromatic heterocycles. The van der Waals surface area contributed by atoms with Gasteiger partial charge in [-0.15, -0.1) is 23.7 Å². The Bertz CT molecular complexity index is 670. The number of rotatable bonds is 7. The van der Waals surface area contributed by atoms with E-state index in [0.717, 1.165) is 5.01 Å². The standard InChI is InChI=1S/C15H17F2N3O2S.ClH/c1-9(10-3-2-4-11(7-10)22-15(16)17)19-14(21)12-8-23-13(20-12)5-6-18;/h2-4,7-9,15H,5-6,18H2,1H3,(H,19,21);1H. The Morgan fingerprint density at radius 1 is 1.46 bits per heavy atom. The summed E-state index contributed by atoms with van der Waals surface area (Å²) in [6, 6.07) is 5.85. The zero-order valence-electron chi connectivity index (χ0n) is 12.9. The number of nitrogens with zero attached hydrogens (tertiary/aromatic N) is 1. The average Bonchev–Trinajstić information content (AvgIpc) is 2.96. The number of carbonyl (C=O) groups is 1. The van der Waals surface area contributed by atoms with Crippen LogP contribution in [0.1, 0.15) is 34.0 Å². The number of hydrogen-bond donors (Lipinski definition) is 2. The Kier molecular flexibility index (Phi) is 8.03. The van der Waals surface area contributed by atoms with Crippen LogP contribution in [0, 0.1) is 0 Å². The zero-order valence-corrected chi connectivity index (χ0v) is 14.5. The van der Waals surface area contributed by atoms with Gasteiger partial charge in [-0.25, -0.2) is 4.98 Å². The van der Waals surface area contributed by atoms with E-state index in [-0.39, 0.29) is 30.1 Å². The molecule has 0 spiro atoms. The molecule has 2 rings (SSSR count). The molecule has 3 N–H and O–H groups in total. The lowest BCUT2D eigenvalue weighted by atomic mass is 10.1. The maximum Gasteiger partial charge on any atom is 0.387 e. The third-order valence-corrected chi connectivity index (χ3v) is 3.98. The Labute approximate surface area is 148 Å². The maximum absolute atomic E-state index is 12.2. The Balaban J connectivity index is 0.00000288. The van der Waals surface area contributed by atoms with Crippen molar-refractivity contribution >= 4 is 29.7 Å². The molecule has 0 aliphatic heterocycles. The van der Waals surface area contributed by atoms with Gasteiger partial charge >= 0.3 is 6.61 Å². The van der Waals surface area contributed by atoms with Crippen LogP contribution in [0.5, 0.6) is 5.75 Å². The van der Waals surface area contributed by atoms with Crippen molar-refractivity contribution in [2.45, 2.75) is 26.0 Å². The maximum atomic E-state index is 12.2. The molecule has 0 aliphatic carbocycles. The highest BCUT2D eigenvalue weighted by Crippen LogP contribution is 2.21. The molecular weight excluding hydrogens is 360 g/mol. The summed E-state index contributed by atoms with van der Waals surface area (Å²) in [7, 11) is 0. The van der Waals surface area contributed by atoms with Gasteiger partial charge in [0.05, 0.1) is 11.0 Å². The predicted molar refractivity (Wildman–Crippen MR) is 91.1 cm³/mol. The van der Waals surface area contributed by atoms with Crippen LogP contribution in [0.3, 0.4) is 0 Å². The molecule has 0 bridgehead atoms. The van der Waals surface area contributed by atoms with Gasteiger partial charge in [0.25, 0.3) is 5.91 Å². The molecule has 5 nitrogen and oxygen atoms in total. The summed E-state index contributed by atoms with van der Waals surface area (Å²) < 4.78 is 28.8. The minimum absolute atomic E-state index is 0. The molecule has 24 heavy (non-hydrogen) atoms. The van der Waals surface area contributed by atoms with E-state index in [1.165, 1.54) is 23.5 Å². The summed E-state index contributed by atoms with van der Waals surface area (Å²) in [6.45, 7) is -0.653. The van der Waals surface area contributed by atoms with Crippen LogP contribution in [0.15, 0.2) is 29.6 Å². The van der Waals surface area contributed by atoms with Gasteiger partial charge in [-0.3, -0.25) is 4.79 Å². The number of ether oxygens (including phenoxy) is 1. The first-order chi connectivity index (χ1) is 11.0. The molecule has 1 unspecified atom stereocenters. The number of aromatic nitrogens is 1. The van der Waals surface area contributed by atoms with Crippen molar-refractivity contribution in [1.29, 1.82) is 0 Å². The summed E-state index contributed by atoms with van der Waals surface area (Å²) in [5.74, 6) is -0.269. The van der Waals surface area contributed by atoms with Crippen molar-refractivity contribution in [3.05, 3.63) is 45.9 Å². The van der Waals surface area contributed by atoms with Gasteiger partial charge in [0.15, 0.2) is 0 Å². The quantitative estimate of drug-likeness (QED) is 0.777. The van der Waals surface area contributed by atoms with E-state index in [4.69, 9.17) is 5.73 Å². The first-order valence-corrected chi connectivity index (χ1v) is 7.87. The zero-order chi connectivity index (χ0) is 16.8. The van der Waals surface area contributed by atoms with E-state index in [1.807, 2.05) is 0 Å². The molecule has 9 heteroatoms. The molecule has 0 aliphatic rings. The summed E-state index contributed by atoms with van der Waals surface area (Å²) in [4.78, 5) is 16.4. The van der Waals surface area contributed by atoms with Crippen molar-refractivity contribution in [2.75, 3.05) is 6.54 Å². The smallest absolute Gasteiger partial charge is 0.387 e. The number of amides is 1. The van der Waals surface area contributed by atoms with E-state index >= 15 is 0 Å². The summed E-state index contributed by atoms with van der Waals surface area (Å²) >= 11 is 1.38. The van der Waals surface area contributed by atoms with Crippen molar-refractivity contribution < 1.29 is 18.3 Å². The van der Waals surface area contributed by atoms with Crippen molar-refractivity contribution in [2.24, 2.45) is 5.73 Å². The second kappa shape index (κ2) is 9.51. The van der Waals surface area contributed by atoms with Crippen molar-refractivity contribution in [3.8, 4) is 5.75 Å². The molecule has 1 atom stereocenters. The molecule has 1 aromatic carbocycles.